The summed E-state index contributed by atoms with van der Waals surface area (Å²) in [5.74, 6) is -0.223. The van der Waals surface area contributed by atoms with E-state index in [2.05, 4.69) is 10.3 Å². The molecule has 1 saturated carbocycles. The van der Waals surface area contributed by atoms with Crippen molar-refractivity contribution < 1.29 is 4.79 Å². The second-order valence-corrected chi connectivity index (χ2v) is 5.24. The van der Waals surface area contributed by atoms with Crippen molar-refractivity contribution >= 4 is 17.5 Å². The normalized spacial score (nSPS) is 24.3. The van der Waals surface area contributed by atoms with Gasteiger partial charge in [0.25, 0.3) is 5.91 Å². The number of pyridine rings is 1. The molecule has 0 radical (unpaired) electrons. The minimum Gasteiger partial charge on any atom is -0.348 e. The van der Waals surface area contributed by atoms with Crippen molar-refractivity contribution in [3.63, 3.8) is 0 Å². The summed E-state index contributed by atoms with van der Waals surface area (Å²) in [6.07, 6.45) is 6.68. The molecule has 0 aromatic carbocycles. The van der Waals surface area contributed by atoms with Gasteiger partial charge in [-0.25, -0.2) is 0 Å². The third-order valence-corrected chi connectivity index (χ3v) is 3.81. The van der Waals surface area contributed by atoms with Crippen LogP contribution in [0, 0.1) is 0 Å². The molecule has 98 valence electrons. The maximum Gasteiger partial charge on any atom is 0.251 e. The highest BCUT2D eigenvalue weighted by molar-refractivity contribution is 6.21. The van der Waals surface area contributed by atoms with Crippen LogP contribution in [0.4, 0.5) is 0 Å². The molecule has 2 unspecified atom stereocenters. The molecule has 0 bridgehead atoms. The average Bonchev–Trinajstić information content (AvgIpc) is 2.55. The van der Waals surface area contributed by atoms with E-state index in [1.807, 2.05) is 0 Å². The van der Waals surface area contributed by atoms with Gasteiger partial charge in [0.05, 0.1) is 5.38 Å². The quantitative estimate of drug-likeness (QED) is 0.637. The molecule has 1 aliphatic rings. The Morgan fingerprint density at radius 2 is 2.11 bits per heavy atom. The van der Waals surface area contributed by atoms with Gasteiger partial charge >= 0.3 is 0 Å². The summed E-state index contributed by atoms with van der Waals surface area (Å²) in [5.41, 5.74) is 0.109. The lowest BCUT2D eigenvalue weighted by Crippen LogP contribution is -2.40. The minimum atomic E-state index is -0.272. The van der Waals surface area contributed by atoms with Gasteiger partial charge in [0.1, 0.15) is 0 Å². The Morgan fingerprint density at radius 3 is 2.89 bits per heavy atom. The van der Waals surface area contributed by atoms with Crippen molar-refractivity contribution in [3.05, 3.63) is 34.2 Å². The van der Waals surface area contributed by atoms with Crippen LogP contribution in [0.25, 0.3) is 0 Å². The number of H-pyrrole nitrogens is 1. The van der Waals surface area contributed by atoms with Crippen LogP contribution in [-0.2, 0) is 0 Å². The maximum atomic E-state index is 12.0. The van der Waals surface area contributed by atoms with E-state index in [1.165, 1.54) is 18.7 Å². The first kappa shape index (κ1) is 13.1. The Balaban J connectivity index is 2.04. The molecule has 18 heavy (non-hydrogen) atoms. The second kappa shape index (κ2) is 6.05. The number of hydrogen-bond acceptors (Lipinski definition) is 2. The maximum absolute atomic E-state index is 12.0. The number of rotatable bonds is 2. The Labute approximate surface area is 111 Å². The summed E-state index contributed by atoms with van der Waals surface area (Å²) in [6.45, 7) is 0. The predicted octanol–water partition coefficient (Wildman–Crippen LogP) is 2.04. The summed E-state index contributed by atoms with van der Waals surface area (Å²) in [5, 5.41) is 2.91. The zero-order valence-corrected chi connectivity index (χ0v) is 10.9. The van der Waals surface area contributed by atoms with E-state index in [-0.39, 0.29) is 22.9 Å². The van der Waals surface area contributed by atoms with Gasteiger partial charge in [-0.3, -0.25) is 9.59 Å². The van der Waals surface area contributed by atoms with Crippen LogP contribution in [0.1, 0.15) is 42.5 Å². The molecule has 0 spiro atoms. The molecule has 1 amide bonds. The van der Waals surface area contributed by atoms with E-state index < -0.39 is 0 Å². The topological polar surface area (TPSA) is 62.0 Å². The average molecular weight is 269 g/mol. The van der Waals surface area contributed by atoms with Crippen molar-refractivity contribution in [1.29, 1.82) is 0 Å². The lowest BCUT2D eigenvalue weighted by Gasteiger charge is -2.21. The Hall–Kier alpha value is -1.29. The van der Waals surface area contributed by atoms with Gasteiger partial charge in [0, 0.05) is 23.9 Å². The van der Waals surface area contributed by atoms with Gasteiger partial charge in [0.2, 0.25) is 5.56 Å². The van der Waals surface area contributed by atoms with Crippen LogP contribution in [-0.4, -0.2) is 22.3 Å². The number of halogens is 1. The Bertz CT molecular complexity index is 472. The SMILES string of the molecule is O=C(NC1CCCCCC1Cl)c1cc[nH]c(=O)c1. The number of aromatic nitrogens is 1. The molecule has 2 N–H and O–H groups in total. The first-order valence-electron chi connectivity index (χ1n) is 6.30. The molecule has 1 aliphatic carbocycles. The highest BCUT2D eigenvalue weighted by Gasteiger charge is 2.23. The molecule has 1 fully saturated rings. The van der Waals surface area contributed by atoms with Crippen LogP contribution in [0.3, 0.4) is 0 Å². The van der Waals surface area contributed by atoms with Gasteiger partial charge in [-0.15, -0.1) is 11.6 Å². The van der Waals surface area contributed by atoms with Gasteiger partial charge in [-0.1, -0.05) is 19.3 Å². The van der Waals surface area contributed by atoms with Gasteiger partial charge < -0.3 is 10.3 Å². The number of alkyl halides is 1. The van der Waals surface area contributed by atoms with Crippen molar-refractivity contribution in [3.8, 4) is 0 Å². The predicted molar refractivity (Wildman–Crippen MR) is 71.0 cm³/mol. The van der Waals surface area contributed by atoms with E-state index in [1.54, 1.807) is 6.07 Å². The summed E-state index contributed by atoms with van der Waals surface area (Å²) in [7, 11) is 0. The third-order valence-electron chi connectivity index (χ3n) is 3.29. The molecule has 1 aromatic rings. The summed E-state index contributed by atoms with van der Waals surface area (Å²) >= 11 is 6.27. The highest BCUT2D eigenvalue weighted by Crippen LogP contribution is 2.22. The number of hydrogen-bond donors (Lipinski definition) is 2. The van der Waals surface area contributed by atoms with E-state index >= 15 is 0 Å². The number of carbonyl (C=O) groups is 1. The lowest BCUT2D eigenvalue weighted by atomic mass is 10.1. The standard InChI is InChI=1S/C13H17ClN2O2/c14-10-4-2-1-3-5-11(10)16-13(18)9-6-7-15-12(17)8-9/h6-8,10-11H,1-5H2,(H,15,17)(H,16,18). The van der Waals surface area contributed by atoms with Crippen LogP contribution < -0.4 is 10.9 Å². The minimum absolute atomic E-state index is 0.000884. The van der Waals surface area contributed by atoms with Crippen molar-refractivity contribution in [2.75, 3.05) is 0 Å². The lowest BCUT2D eigenvalue weighted by molar-refractivity contribution is 0.0934. The number of nitrogens with one attached hydrogen (secondary N) is 2. The molecule has 4 nitrogen and oxygen atoms in total. The largest absolute Gasteiger partial charge is 0.348 e. The number of amides is 1. The van der Waals surface area contributed by atoms with Crippen LogP contribution in [0.5, 0.6) is 0 Å². The first-order valence-corrected chi connectivity index (χ1v) is 6.74. The Kier molecular flexibility index (Phi) is 4.42. The van der Waals surface area contributed by atoms with E-state index in [4.69, 9.17) is 11.6 Å². The second-order valence-electron chi connectivity index (χ2n) is 4.68. The van der Waals surface area contributed by atoms with E-state index in [9.17, 15) is 9.59 Å². The molecule has 0 aliphatic heterocycles. The molecule has 1 aromatic heterocycles. The van der Waals surface area contributed by atoms with Gasteiger partial charge in [0.15, 0.2) is 0 Å². The highest BCUT2D eigenvalue weighted by atomic mass is 35.5. The van der Waals surface area contributed by atoms with Gasteiger partial charge in [-0.2, -0.15) is 0 Å². The van der Waals surface area contributed by atoms with Crippen molar-refractivity contribution in [2.45, 2.75) is 43.5 Å². The van der Waals surface area contributed by atoms with E-state index in [0.717, 1.165) is 25.7 Å². The third kappa shape index (κ3) is 3.35. The first-order chi connectivity index (χ1) is 8.66. The fraction of sp³-hybridized carbons (Fsp3) is 0.538. The fourth-order valence-corrected chi connectivity index (χ4v) is 2.61. The zero-order valence-electron chi connectivity index (χ0n) is 10.1. The monoisotopic (exact) mass is 268 g/mol. The van der Waals surface area contributed by atoms with E-state index in [0.29, 0.717) is 5.56 Å². The van der Waals surface area contributed by atoms with Crippen molar-refractivity contribution in [1.82, 2.24) is 10.3 Å². The molecule has 2 rings (SSSR count). The fourth-order valence-electron chi connectivity index (χ4n) is 2.26. The zero-order chi connectivity index (χ0) is 13.0. The Morgan fingerprint density at radius 1 is 1.33 bits per heavy atom. The van der Waals surface area contributed by atoms with Gasteiger partial charge in [-0.05, 0) is 18.9 Å². The molecule has 5 heteroatoms. The molecule has 0 saturated heterocycles. The number of carbonyl (C=O) groups excluding carboxylic acids is 1. The smallest absolute Gasteiger partial charge is 0.251 e. The summed E-state index contributed by atoms with van der Waals surface area (Å²) in [6, 6.07) is 2.90. The molecule has 2 atom stereocenters. The van der Waals surface area contributed by atoms with Crippen LogP contribution >= 0.6 is 11.6 Å². The summed E-state index contributed by atoms with van der Waals surface area (Å²) in [4.78, 5) is 25.6. The van der Waals surface area contributed by atoms with Crippen LogP contribution in [0.15, 0.2) is 23.1 Å². The van der Waals surface area contributed by atoms with Crippen LogP contribution in [0.2, 0.25) is 0 Å². The molecular weight excluding hydrogens is 252 g/mol. The molecule has 1 heterocycles. The summed E-state index contributed by atoms with van der Waals surface area (Å²) < 4.78 is 0. The van der Waals surface area contributed by atoms with Crippen molar-refractivity contribution in [2.24, 2.45) is 0 Å². The molecular formula is C13H17ClN2O2. The number of aromatic amines is 1.